The summed E-state index contributed by atoms with van der Waals surface area (Å²) in [6.45, 7) is 1.73. The van der Waals surface area contributed by atoms with E-state index in [4.69, 9.17) is 9.47 Å². The third-order valence-electron chi connectivity index (χ3n) is 5.32. The fourth-order valence-corrected chi connectivity index (χ4v) is 4.22. The smallest absolute Gasteiger partial charge is 0.307 e. The molecule has 1 aromatic heterocycles. The van der Waals surface area contributed by atoms with E-state index in [9.17, 15) is 19.5 Å². The number of carbonyl (C=O) groups is 3. The Kier molecular flexibility index (Phi) is 6.22. The van der Waals surface area contributed by atoms with Crippen molar-refractivity contribution in [1.29, 1.82) is 0 Å². The van der Waals surface area contributed by atoms with Gasteiger partial charge in [0.1, 0.15) is 0 Å². The standard InChI is InChI=1S/C22H21N3O6S/c1-12(24-25-21(27)19-7-4-8-32-19)15-9-17-18(31-11-30-17)10-16(15)23-20(26)13-5-2-3-6-14(13)22(28)29/h2-4,7-10,13-14H,5-6,11H2,1H3,(H,23,26)(H,25,27)(H,28,29)/b24-12-/t13-,14-/m0/s1. The summed E-state index contributed by atoms with van der Waals surface area (Å²) in [7, 11) is 0. The van der Waals surface area contributed by atoms with Crippen molar-refractivity contribution in [1.82, 2.24) is 5.43 Å². The van der Waals surface area contributed by atoms with E-state index in [-0.39, 0.29) is 12.7 Å². The molecule has 0 fully saturated rings. The number of carboxylic acids is 1. The number of allylic oxidation sites excluding steroid dienone is 2. The molecular formula is C22H21N3O6S. The largest absolute Gasteiger partial charge is 0.481 e. The zero-order chi connectivity index (χ0) is 22.7. The number of carboxylic acid groups (broad SMARTS) is 1. The van der Waals surface area contributed by atoms with Crippen molar-refractivity contribution in [3.05, 3.63) is 52.2 Å². The maximum atomic E-state index is 13.0. The summed E-state index contributed by atoms with van der Waals surface area (Å²) < 4.78 is 10.9. The van der Waals surface area contributed by atoms with Crippen LogP contribution >= 0.6 is 11.3 Å². The number of hydrogen-bond donors (Lipinski definition) is 3. The highest BCUT2D eigenvalue weighted by Gasteiger charge is 2.34. The molecule has 9 nitrogen and oxygen atoms in total. The van der Waals surface area contributed by atoms with Gasteiger partial charge in [0.2, 0.25) is 12.7 Å². The van der Waals surface area contributed by atoms with Gasteiger partial charge in [-0.3, -0.25) is 14.4 Å². The molecule has 2 aliphatic rings. The number of thiophene rings is 1. The summed E-state index contributed by atoms with van der Waals surface area (Å²) in [6, 6.07) is 6.74. The predicted molar refractivity (Wildman–Crippen MR) is 118 cm³/mol. The van der Waals surface area contributed by atoms with Crippen molar-refractivity contribution in [3.8, 4) is 11.5 Å². The number of hydrazone groups is 1. The Labute approximate surface area is 187 Å². The van der Waals surface area contributed by atoms with Gasteiger partial charge in [0, 0.05) is 11.6 Å². The maximum absolute atomic E-state index is 13.0. The third kappa shape index (κ3) is 4.50. The highest BCUT2D eigenvalue weighted by molar-refractivity contribution is 7.12. The lowest BCUT2D eigenvalue weighted by Crippen LogP contribution is -2.35. The lowest BCUT2D eigenvalue weighted by molar-refractivity contribution is -0.146. The van der Waals surface area contributed by atoms with E-state index in [2.05, 4.69) is 15.8 Å². The van der Waals surface area contributed by atoms with Crippen LogP contribution in [0.15, 0.2) is 46.9 Å². The first-order chi connectivity index (χ1) is 15.4. The molecule has 1 aliphatic carbocycles. The summed E-state index contributed by atoms with van der Waals surface area (Å²) in [5.74, 6) is -2.31. The van der Waals surface area contributed by atoms with Crippen molar-refractivity contribution in [2.24, 2.45) is 16.9 Å². The van der Waals surface area contributed by atoms with Crippen LogP contribution in [0.1, 0.15) is 35.0 Å². The van der Waals surface area contributed by atoms with Gasteiger partial charge in [0.15, 0.2) is 11.5 Å². The molecule has 32 heavy (non-hydrogen) atoms. The van der Waals surface area contributed by atoms with E-state index in [0.717, 1.165) is 0 Å². The van der Waals surface area contributed by atoms with Gasteiger partial charge in [-0.2, -0.15) is 5.10 Å². The Balaban J connectivity index is 1.59. The summed E-state index contributed by atoms with van der Waals surface area (Å²) >= 11 is 1.30. The quantitative estimate of drug-likeness (QED) is 0.349. The number of nitrogens with one attached hydrogen (secondary N) is 2. The van der Waals surface area contributed by atoms with Gasteiger partial charge < -0.3 is 19.9 Å². The van der Waals surface area contributed by atoms with Crippen LogP contribution in [0.25, 0.3) is 0 Å². The summed E-state index contributed by atoms with van der Waals surface area (Å²) in [5.41, 5.74) is 3.85. The first kappa shape index (κ1) is 21.6. The number of benzene rings is 1. The molecular weight excluding hydrogens is 434 g/mol. The zero-order valence-electron chi connectivity index (χ0n) is 17.2. The molecule has 2 atom stereocenters. The average Bonchev–Trinajstić information content (AvgIpc) is 3.48. The van der Waals surface area contributed by atoms with Gasteiger partial charge in [-0.15, -0.1) is 11.3 Å². The molecule has 2 heterocycles. The van der Waals surface area contributed by atoms with Crippen molar-refractivity contribution in [2.45, 2.75) is 19.8 Å². The number of aliphatic carboxylic acids is 1. The molecule has 1 aromatic carbocycles. The number of carbonyl (C=O) groups excluding carboxylic acids is 2. The number of rotatable bonds is 6. The molecule has 4 rings (SSSR count). The highest BCUT2D eigenvalue weighted by atomic mass is 32.1. The molecule has 10 heteroatoms. The summed E-state index contributed by atoms with van der Waals surface area (Å²) in [4.78, 5) is 37.3. The molecule has 166 valence electrons. The van der Waals surface area contributed by atoms with Gasteiger partial charge >= 0.3 is 5.97 Å². The summed E-state index contributed by atoms with van der Waals surface area (Å²) in [6.07, 6.45) is 4.24. The number of hydrogen-bond acceptors (Lipinski definition) is 7. The first-order valence-corrected chi connectivity index (χ1v) is 10.8. The minimum atomic E-state index is -1.01. The average molecular weight is 455 g/mol. The minimum Gasteiger partial charge on any atom is -0.481 e. The molecule has 0 bridgehead atoms. The second-order valence-corrected chi connectivity index (χ2v) is 8.30. The molecule has 2 aromatic rings. The van der Waals surface area contributed by atoms with Gasteiger partial charge in [-0.1, -0.05) is 18.2 Å². The van der Waals surface area contributed by atoms with E-state index in [1.807, 2.05) is 6.08 Å². The lowest BCUT2D eigenvalue weighted by Gasteiger charge is -2.24. The van der Waals surface area contributed by atoms with Crippen molar-refractivity contribution in [2.75, 3.05) is 12.1 Å². The molecule has 0 spiro atoms. The van der Waals surface area contributed by atoms with E-state index in [1.165, 1.54) is 11.3 Å². The van der Waals surface area contributed by atoms with E-state index in [1.54, 1.807) is 42.6 Å². The van der Waals surface area contributed by atoms with Crippen molar-refractivity contribution >= 4 is 40.5 Å². The number of nitrogens with zero attached hydrogens (tertiary/aromatic N) is 1. The fourth-order valence-electron chi connectivity index (χ4n) is 3.60. The van der Waals surface area contributed by atoms with Crippen molar-refractivity contribution < 1.29 is 29.0 Å². The van der Waals surface area contributed by atoms with E-state index >= 15 is 0 Å². The number of amides is 2. The topological polar surface area (TPSA) is 126 Å². The van der Waals surface area contributed by atoms with Gasteiger partial charge in [-0.25, -0.2) is 5.43 Å². The van der Waals surface area contributed by atoms with Crippen LogP contribution in [0.5, 0.6) is 11.5 Å². The molecule has 1 aliphatic heterocycles. The zero-order valence-corrected chi connectivity index (χ0v) is 18.0. The molecule has 0 unspecified atom stereocenters. The third-order valence-corrected chi connectivity index (χ3v) is 6.19. The number of fused-ring (bicyclic) bond motifs is 1. The van der Waals surface area contributed by atoms with Gasteiger partial charge in [0.25, 0.3) is 5.91 Å². The number of anilines is 1. The molecule has 0 radical (unpaired) electrons. The molecule has 3 N–H and O–H groups in total. The number of ether oxygens (including phenoxy) is 2. The molecule has 2 amide bonds. The molecule has 0 saturated heterocycles. The van der Waals surface area contributed by atoms with Gasteiger partial charge in [0.05, 0.1) is 28.1 Å². The van der Waals surface area contributed by atoms with Crippen LogP contribution in [0.4, 0.5) is 5.69 Å². The Hall–Kier alpha value is -3.66. The first-order valence-electron chi connectivity index (χ1n) is 9.95. The Morgan fingerprint density at radius 1 is 1.12 bits per heavy atom. The van der Waals surface area contributed by atoms with Crippen LogP contribution in [-0.2, 0) is 9.59 Å². The Bertz CT molecular complexity index is 1110. The Morgan fingerprint density at radius 2 is 1.84 bits per heavy atom. The minimum absolute atomic E-state index is 0.0476. The van der Waals surface area contributed by atoms with Crippen LogP contribution in [-0.4, -0.2) is 35.4 Å². The Morgan fingerprint density at radius 3 is 2.53 bits per heavy atom. The van der Waals surface area contributed by atoms with Gasteiger partial charge in [-0.05, 0) is 37.3 Å². The molecule has 0 saturated carbocycles. The van der Waals surface area contributed by atoms with Crippen LogP contribution < -0.4 is 20.2 Å². The highest BCUT2D eigenvalue weighted by Crippen LogP contribution is 2.38. The van der Waals surface area contributed by atoms with Crippen LogP contribution in [0.3, 0.4) is 0 Å². The van der Waals surface area contributed by atoms with Crippen LogP contribution in [0, 0.1) is 11.8 Å². The fraction of sp³-hybridized carbons (Fsp3) is 0.273. The second-order valence-electron chi connectivity index (χ2n) is 7.35. The van der Waals surface area contributed by atoms with Crippen LogP contribution in [0.2, 0.25) is 0 Å². The summed E-state index contributed by atoms with van der Waals surface area (Å²) in [5, 5.41) is 18.3. The normalized spacial score (nSPS) is 19.5. The second kappa shape index (κ2) is 9.23. The SMILES string of the molecule is C/C(=N/NC(=O)c1cccs1)c1cc2c(cc1NC(=O)[C@H]1CC=CC[C@@H]1C(=O)O)OCO2. The van der Waals surface area contributed by atoms with E-state index in [0.29, 0.717) is 46.2 Å². The van der Waals surface area contributed by atoms with Crippen molar-refractivity contribution in [3.63, 3.8) is 0 Å². The lowest BCUT2D eigenvalue weighted by atomic mass is 9.82. The monoisotopic (exact) mass is 455 g/mol. The van der Waals surface area contributed by atoms with E-state index < -0.39 is 23.7 Å². The predicted octanol–water partition coefficient (Wildman–Crippen LogP) is 3.24. The maximum Gasteiger partial charge on any atom is 0.307 e.